The lowest BCUT2D eigenvalue weighted by Gasteiger charge is -2.24. The van der Waals surface area contributed by atoms with Crippen LogP contribution in [0.4, 0.5) is 0 Å². The first kappa shape index (κ1) is 7.51. The Morgan fingerprint density at radius 3 is 2.55 bits per heavy atom. The number of alkyl halides is 1. The monoisotopic (exact) mass is 189 g/mol. The Kier molecular flexibility index (Phi) is 1.48. The minimum Gasteiger partial charge on any atom is -0.401 e. The van der Waals surface area contributed by atoms with Crippen LogP contribution >= 0.6 is 23.2 Å². The number of rotatable bonds is 0. The van der Waals surface area contributed by atoms with E-state index in [-0.39, 0.29) is 10.8 Å². The van der Waals surface area contributed by atoms with Crippen molar-refractivity contribution in [3.63, 3.8) is 0 Å². The Morgan fingerprint density at radius 1 is 1.45 bits per heavy atom. The van der Waals surface area contributed by atoms with Gasteiger partial charge in [-0.25, -0.2) is 0 Å². The van der Waals surface area contributed by atoms with Gasteiger partial charge in [-0.2, -0.15) is 0 Å². The summed E-state index contributed by atoms with van der Waals surface area (Å²) in [5.41, 5.74) is 6.44. The summed E-state index contributed by atoms with van der Waals surface area (Å²) in [5, 5.41) is 0.784. The Morgan fingerprint density at radius 2 is 2.09 bits per heavy atom. The standard InChI is InChI=1S/C8H9Cl2N/c9-6-2-1-5(11)7(10)8(6)3-4-8/h1-2,7H,3-4,11H2. The molecule has 2 aliphatic rings. The van der Waals surface area contributed by atoms with Crippen molar-refractivity contribution in [2.24, 2.45) is 11.1 Å². The summed E-state index contributed by atoms with van der Waals surface area (Å²) >= 11 is 12.1. The third-order valence-electron chi connectivity index (χ3n) is 2.46. The van der Waals surface area contributed by atoms with Crippen LogP contribution in [-0.4, -0.2) is 5.38 Å². The third kappa shape index (κ3) is 0.911. The minimum absolute atomic E-state index is 0.0158. The third-order valence-corrected chi connectivity index (χ3v) is 3.64. The lowest BCUT2D eigenvalue weighted by Crippen LogP contribution is -2.26. The summed E-state index contributed by atoms with van der Waals surface area (Å²) in [6, 6.07) is 0. The van der Waals surface area contributed by atoms with E-state index >= 15 is 0 Å². The summed E-state index contributed by atoms with van der Waals surface area (Å²) in [6.45, 7) is 0. The zero-order valence-corrected chi connectivity index (χ0v) is 7.49. The molecular weight excluding hydrogens is 181 g/mol. The highest BCUT2D eigenvalue weighted by molar-refractivity contribution is 6.33. The fraction of sp³-hybridized carbons (Fsp3) is 0.500. The molecule has 2 N–H and O–H groups in total. The molecule has 0 aromatic rings. The predicted molar refractivity (Wildman–Crippen MR) is 47.5 cm³/mol. The molecule has 1 nitrogen and oxygen atoms in total. The van der Waals surface area contributed by atoms with Gasteiger partial charge in [-0.15, -0.1) is 11.6 Å². The molecule has 1 saturated carbocycles. The van der Waals surface area contributed by atoms with Crippen molar-refractivity contribution in [3.8, 4) is 0 Å². The molecule has 3 heteroatoms. The topological polar surface area (TPSA) is 26.0 Å². The fourth-order valence-corrected chi connectivity index (χ4v) is 2.31. The molecule has 1 atom stereocenters. The second-order valence-electron chi connectivity index (χ2n) is 3.20. The summed E-state index contributed by atoms with van der Waals surface area (Å²) < 4.78 is 0. The molecule has 60 valence electrons. The van der Waals surface area contributed by atoms with Gasteiger partial charge in [0.25, 0.3) is 0 Å². The first-order valence-electron chi connectivity index (χ1n) is 3.64. The van der Waals surface area contributed by atoms with Crippen molar-refractivity contribution in [2.45, 2.75) is 18.2 Å². The second kappa shape index (κ2) is 2.18. The van der Waals surface area contributed by atoms with Crippen molar-refractivity contribution in [1.82, 2.24) is 0 Å². The van der Waals surface area contributed by atoms with Gasteiger partial charge in [0.15, 0.2) is 0 Å². The fourth-order valence-electron chi connectivity index (χ4n) is 1.49. The molecule has 2 rings (SSSR count). The Labute approximate surface area is 75.8 Å². The van der Waals surface area contributed by atoms with Crippen molar-refractivity contribution >= 4 is 23.2 Å². The Balaban J connectivity index is 2.37. The number of nitrogens with two attached hydrogens (primary N) is 1. The molecule has 1 fully saturated rings. The molecular formula is C8H9Cl2N. The SMILES string of the molecule is NC1=CC=C(Cl)C2(CC2)C1Cl. The van der Waals surface area contributed by atoms with Crippen LogP contribution in [0.3, 0.4) is 0 Å². The molecule has 1 unspecified atom stereocenters. The van der Waals surface area contributed by atoms with Crippen molar-refractivity contribution in [1.29, 1.82) is 0 Å². The maximum absolute atomic E-state index is 6.10. The predicted octanol–water partition coefficient (Wildman–Crippen LogP) is 2.35. The van der Waals surface area contributed by atoms with Gasteiger partial charge in [-0.1, -0.05) is 11.6 Å². The van der Waals surface area contributed by atoms with Gasteiger partial charge >= 0.3 is 0 Å². The van der Waals surface area contributed by atoms with Gasteiger partial charge in [-0.3, -0.25) is 0 Å². The first-order chi connectivity index (χ1) is 5.17. The van der Waals surface area contributed by atoms with Gasteiger partial charge in [-0.05, 0) is 25.0 Å². The maximum atomic E-state index is 6.10. The molecule has 0 aromatic carbocycles. The summed E-state index contributed by atoms with van der Waals surface area (Å²) in [6.07, 6.45) is 5.81. The highest BCUT2D eigenvalue weighted by Crippen LogP contribution is 2.60. The van der Waals surface area contributed by atoms with E-state index in [1.807, 2.05) is 6.08 Å². The van der Waals surface area contributed by atoms with Gasteiger partial charge in [0.2, 0.25) is 0 Å². The van der Waals surface area contributed by atoms with Gasteiger partial charge < -0.3 is 5.73 Å². The molecule has 0 amide bonds. The number of allylic oxidation sites excluding steroid dienone is 4. The number of hydrogen-bond acceptors (Lipinski definition) is 1. The van der Waals surface area contributed by atoms with E-state index < -0.39 is 0 Å². The van der Waals surface area contributed by atoms with Crippen LogP contribution in [0.5, 0.6) is 0 Å². The molecule has 0 saturated heterocycles. The molecule has 2 aliphatic carbocycles. The lowest BCUT2D eigenvalue weighted by molar-refractivity contribution is 0.625. The van der Waals surface area contributed by atoms with E-state index in [1.54, 1.807) is 6.08 Å². The highest BCUT2D eigenvalue weighted by atomic mass is 35.5. The largest absolute Gasteiger partial charge is 0.401 e. The van der Waals surface area contributed by atoms with Gasteiger partial charge in [0.05, 0.1) is 5.38 Å². The smallest absolute Gasteiger partial charge is 0.0834 e. The summed E-state index contributed by atoms with van der Waals surface area (Å²) in [7, 11) is 0. The van der Waals surface area contributed by atoms with E-state index in [4.69, 9.17) is 28.9 Å². The quantitative estimate of drug-likeness (QED) is 0.583. The van der Waals surface area contributed by atoms with E-state index in [0.717, 1.165) is 23.6 Å². The zero-order valence-electron chi connectivity index (χ0n) is 5.98. The number of halogens is 2. The first-order valence-corrected chi connectivity index (χ1v) is 4.46. The van der Waals surface area contributed by atoms with Crippen molar-refractivity contribution < 1.29 is 0 Å². The molecule has 0 aliphatic heterocycles. The zero-order chi connectivity index (χ0) is 8.06. The minimum atomic E-state index is -0.0833. The molecule has 0 radical (unpaired) electrons. The molecule has 0 aromatic heterocycles. The maximum Gasteiger partial charge on any atom is 0.0834 e. The van der Waals surface area contributed by atoms with E-state index in [0.29, 0.717) is 0 Å². The Bertz CT molecular complexity index is 251. The number of hydrogen-bond donors (Lipinski definition) is 1. The van der Waals surface area contributed by atoms with Gasteiger partial charge in [0.1, 0.15) is 0 Å². The average Bonchev–Trinajstić information content (AvgIpc) is 2.76. The summed E-state index contributed by atoms with van der Waals surface area (Å²) in [5.74, 6) is 0. The normalized spacial score (nSPS) is 33.1. The second-order valence-corrected chi connectivity index (χ2v) is 4.04. The molecule has 0 heterocycles. The average molecular weight is 190 g/mol. The molecule has 11 heavy (non-hydrogen) atoms. The van der Waals surface area contributed by atoms with Crippen LogP contribution < -0.4 is 5.73 Å². The van der Waals surface area contributed by atoms with Crippen LogP contribution in [0.25, 0.3) is 0 Å². The van der Waals surface area contributed by atoms with Crippen molar-refractivity contribution in [2.75, 3.05) is 0 Å². The molecule has 0 bridgehead atoms. The van der Waals surface area contributed by atoms with Crippen LogP contribution in [0.15, 0.2) is 22.9 Å². The van der Waals surface area contributed by atoms with Gasteiger partial charge in [0, 0.05) is 16.1 Å². The highest BCUT2D eigenvalue weighted by Gasteiger charge is 2.53. The van der Waals surface area contributed by atoms with Crippen LogP contribution in [0, 0.1) is 5.41 Å². The molecule has 1 spiro atoms. The summed E-state index contributed by atoms with van der Waals surface area (Å²) in [4.78, 5) is 0. The van der Waals surface area contributed by atoms with E-state index in [1.165, 1.54) is 0 Å². The lowest BCUT2D eigenvalue weighted by atomic mass is 9.94. The van der Waals surface area contributed by atoms with Crippen LogP contribution in [0.1, 0.15) is 12.8 Å². The van der Waals surface area contributed by atoms with E-state index in [9.17, 15) is 0 Å². The van der Waals surface area contributed by atoms with Crippen LogP contribution in [-0.2, 0) is 0 Å². The van der Waals surface area contributed by atoms with E-state index in [2.05, 4.69) is 0 Å². The van der Waals surface area contributed by atoms with Crippen molar-refractivity contribution in [3.05, 3.63) is 22.9 Å². The Hall–Kier alpha value is -0.140. The van der Waals surface area contributed by atoms with Crippen LogP contribution in [0.2, 0.25) is 0 Å².